The van der Waals surface area contributed by atoms with Crippen LogP contribution in [-0.2, 0) is 12.4 Å². The number of H-pyrrole nitrogens is 1. The fraction of sp³-hybridized carbons (Fsp3) is 0.182. The Bertz CT molecular complexity index is 798. The molecule has 1 aromatic heterocycles. The Labute approximate surface area is 139 Å². The lowest BCUT2D eigenvalue weighted by Gasteiger charge is -2.14. The number of hydrogen-bond acceptors (Lipinski definition) is 2. The van der Waals surface area contributed by atoms with E-state index in [4.69, 9.17) is 41.2 Å². The highest BCUT2D eigenvalue weighted by molar-refractivity contribution is 7.71. The summed E-state index contributed by atoms with van der Waals surface area (Å²) in [6, 6.07) is 1.04. The zero-order chi connectivity index (χ0) is 17.7. The minimum atomic E-state index is -4.84. The number of anilines is 1. The maximum Gasteiger partial charge on any atom is 0.434 e. The number of nitrogens with two attached hydrogens (primary N) is 1. The van der Waals surface area contributed by atoms with Gasteiger partial charge in [0.1, 0.15) is 5.82 Å². The van der Waals surface area contributed by atoms with Gasteiger partial charge in [0.15, 0.2) is 10.5 Å². The van der Waals surface area contributed by atoms with E-state index in [1.54, 1.807) is 0 Å². The van der Waals surface area contributed by atoms with Crippen molar-refractivity contribution < 1.29 is 26.3 Å². The van der Waals surface area contributed by atoms with Crippen LogP contribution in [0, 0.1) is 4.77 Å². The lowest BCUT2D eigenvalue weighted by atomic mass is 10.2. The van der Waals surface area contributed by atoms with E-state index in [0.717, 1.165) is 0 Å². The van der Waals surface area contributed by atoms with Crippen LogP contribution < -0.4 is 5.73 Å². The molecule has 2 aromatic rings. The average Bonchev–Trinajstić information content (AvgIpc) is 2.64. The predicted octanol–water partition coefficient (Wildman–Crippen LogP) is 5.46. The smallest absolute Gasteiger partial charge is 0.383 e. The van der Waals surface area contributed by atoms with E-state index < -0.39 is 44.2 Å². The Morgan fingerprint density at radius 2 is 1.48 bits per heavy atom. The van der Waals surface area contributed by atoms with Gasteiger partial charge in [0.2, 0.25) is 0 Å². The summed E-state index contributed by atoms with van der Waals surface area (Å²) in [5.74, 6) is -0.869. The maximum absolute atomic E-state index is 12.8. The lowest BCUT2D eigenvalue weighted by Crippen LogP contribution is -2.11. The van der Waals surface area contributed by atoms with Gasteiger partial charge in [0.25, 0.3) is 0 Å². The molecule has 0 bridgehead atoms. The lowest BCUT2D eigenvalue weighted by molar-refractivity contribution is -0.140. The molecule has 1 aromatic carbocycles. The molecule has 0 spiro atoms. The zero-order valence-electron chi connectivity index (χ0n) is 10.6. The number of nitrogens with zero attached hydrogens (tertiary/aromatic N) is 1. The van der Waals surface area contributed by atoms with E-state index in [-0.39, 0.29) is 5.69 Å². The van der Waals surface area contributed by atoms with Crippen molar-refractivity contribution in [3.8, 4) is 5.69 Å². The number of benzene rings is 1. The molecule has 0 amide bonds. The number of hydrogen-bond donors (Lipinski definition) is 2. The Morgan fingerprint density at radius 1 is 1.00 bits per heavy atom. The summed E-state index contributed by atoms with van der Waals surface area (Å²) in [5.41, 5.74) is 2.50. The van der Waals surface area contributed by atoms with Crippen LogP contribution in [0.3, 0.4) is 0 Å². The molecule has 0 fully saturated rings. The Morgan fingerprint density at radius 3 is 1.83 bits per heavy atom. The van der Waals surface area contributed by atoms with Crippen molar-refractivity contribution in [2.75, 3.05) is 5.73 Å². The van der Waals surface area contributed by atoms with Crippen LogP contribution in [0.2, 0.25) is 10.0 Å². The summed E-state index contributed by atoms with van der Waals surface area (Å²) in [6.07, 6.45) is -9.57. The highest BCUT2D eigenvalue weighted by Gasteiger charge is 2.38. The van der Waals surface area contributed by atoms with Gasteiger partial charge in [-0.2, -0.15) is 26.3 Å². The number of halogens is 8. The van der Waals surface area contributed by atoms with Crippen molar-refractivity contribution >= 4 is 41.2 Å². The number of imidazole rings is 1. The molecule has 12 heteroatoms. The summed E-state index contributed by atoms with van der Waals surface area (Å²) < 4.78 is 76.5. The maximum atomic E-state index is 12.8. The van der Waals surface area contributed by atoms with Gasteiger partial charge in [0.05, 0.1) is 21.3 Å². The molecule has 0 radical (unpaired) electrons. The highest BCUT2D eigenvalue weighted by atomic mass is 35.5. The molecule has 2 rings (SSSR count). The Hall–Kier alpha value is -1.39. The molecule has 1 heterocycles. The number of alkyl halides is 6. The second-order valence-electron chi connectivity index (χ2n) is 4.31. The summed E-state index contributed by atoms with van der Waals surface area (Å²) in [5, 5.41) is -1.11. The zero-order valence-corrected chi connectivity index (χ0v) is 12.9. The van der Waals surface area contributed by atoms with E-state index in [0.29, 0.717) is 16.7 Å². The first-order valence-corrected chi connectivity index (χ1v) is 6.74. The molecule has 0 unspecified atom stereocenters. The van der Waals surface area contributed by atoms with Crippen LogP contribution in [0.1, 0.15) is 11.3 Å². The van der Waals surface area contributed by atoms with E-state index in [9.17, 15) is 26.3 Å². The van der Waals surface area contributed by atoms with Gasteiger partial charge in [-0.15, -0.1) is 0 Å². The normalized spacial score (nSPS) is 12.7. The number of aromatic nitrogens is 2. The third-order valence-electron chi connectivity index (χ3n) is 2.78. The molecule has 0 aliphatic heterocycles. The van der Waals surface area contributed by atoms with Gasteiger partial charge in [0, 0.05) is 0 Å². The average molecular weight is 396 g/mol. The second-order valence-corrected chi connectivity index (χ2v) is 5.51. The topological polar surface area (TPSA) is 46.7 Å². The van der Waals surface area contributed by atoms with E-state index >= 15 is 0 Å². The van der Waals surface area contributed by atoms with Crippen molar-refractivity contribution in [1.29, 1.82) is 0 Å². The molecule has 0 aliphatic carbocycles. The van der Waals surface area contributed by atoms with E-state index in [1.165, 1.54) is 0 Å². The first kappa shape index (κ1) is 18.0. The Kier molecular flexibility index (Phi) is 4.37. The molecular weight excluding hydrogens is 391 g/mol. The fourth-order valence-corrected chi connectivity index (χ4v) is 2.78. The molecule has 3 N–H and O–H groups in total. The second kappa shape index (κ2) is 5.60. The molecule has 126 valence electrons. The van der Waals surface area contributed by atoms with Gasteiger partial charge in [-0.25, -0.2) is 0 Å². The van der Waals surface area contributed by atoms with Gasteiger partial charge in [-0.05, 0) is 24.4 Å². The third kappa shape index (κ3) is 3.29. The van der Waals surface area contributed by atoms with E-state index in [2.05, 4.69) is 0 Å². The summed E-state index contributed by atoms with van der Waals surface area (Å²) >= 11 is 16.2. The van der Waals surface area contributed by atoms with Crippen LogP contribution in [0.15, 0.2) is 12.1 Å². The molecule has 0 saturated carbocycles. The van der Waals surface area contributed by atoms with Crippen LogP contribution in [0.5, 0.6) is 0 Å². The third-order valence-corrected chi connectivity index (χ3v) is 3.64. The number of nitrogen functional groups attached to an aromatic ring is 1. The number of rotatable bonds is 1. The van der Waals surface area contributed by atoms with Gasteiger partial charge in [-0.3, -0.25) is 4.57 Å². The van der Waals surface area contributed by atoms with Crippen molar-refractivity contribution in [3.05, 3.63) is 38.2 Å². The molecule has 0 aliphatic rings. The van der Waals surface area contributed by atoms with Crippen LogP contribution >= 0.6 is 35.4 Å². The minimum Gasteiger partial charge on any atom is -0.383 e. The van der Waals surface area contributed by atoms with Crippen molar-refractivity contribution in [3.63, 3.8) is 0 Å². The Balaban J connectivity index is 2.75. The number of aromatic amines is 1. The quantitative estimate of drug-likeness (QED) is 0.497. The van der Waals surface area contributed by atoms with Crippen LogP contribution in [0.25, 0.3) is 5.69 Å². The van der Waals surface area contributed by atoms with Crippen molar-refractivity contribution in [2.24, 2.45) is 0 Å². The largest absolute Gasteiger partial charge is 0.434 e. The first-order chi connectivity index (χ1) is 10.3. The van der Waals surface area contributed by atoms with Gasteiger partial charge >= 0.3 is 12.4 Å². The molecule has 0 saturated heterocycles. The SMILES string of the molecule is Nc1c(C(F)(F)F)[nH]c(=S)n1-c1c(Cl)cc(C(F)(F)F)cc1Cl. The fourth-order valence-electron chi connectivity index (χ4n) is 1.83. The highest BCUT2D eigenvalue weighted by Crippen LogP contribution is 2.40. The molecule has 23 heavy (non-hydrogen) atoms. The van der Waals surface area contributed by atoms with Crippen LogP contribution in [-0.4, -0.2) is 9.55 Å². The van der Waals surface area contributed by atoms with Crippen molar-refractivity contribution in [2.45, 2.75) is 12.4 Å². The van der Waals surface area contributed by atoms with E-state index in [1.807, 2.05) is 4.98 Å². The van der Waals surface area contributed by atoms with Gasteiger partial charge in [-0.1, -0.05) is 23.2 Å². The summed E-state index contributed by atoms with van der Waals surface area (Å²) in [6.45, 7) is 0. The summed E-state index contributed by atoms with van der Waals surface area (Å²) in [7, 11) is 0. The molecule has 3 nitrogen and oxygen atoms in total. The summed E-state index contributed by atoms with van der Waals surface area (Å²) in [4.78, 5) is 1.84. The monoisotopic (exact) mass is 395 g/mol. The number of nitrogens with one attached hydrogen (secondary N) is 1. The standard InChI is InChI=1S/C11H5Cl2F6N3S/c12-4-1-3(10(14,15)16)2-5(13)6(4)22-8(20)7(11(17,18)19)21-9(22)23/h1-2H,20H2,(H,21,23). The molecule has 0 atom stereocenters. The first-order valence-electron chi connectivity index (χ1n) is 5.58. The van der Waals surface area contributed by atoms with Crippen LogP contribution in [0.4, 0.5) is 32.2 Å². The van der Waals surface area contributed by atoms with Crippen molar-refractivity contribution in [1.82, 2.24) is 9.55 Å². The van der Waals surface area contributed by atoms with Gasteiger partial charge < -0.3 is 10.7 Å². The minimum absolute atomic E-state index is 0.379. The predicted molar refractivity (Wildman–Crippen MR) is 75.4 cm³/mol. The molecular formula is C11H5Cl2F6N3S.